The number of methoxy groups -OCH3 is 1. The van der Waals surface area contributed by atoms with Gasteiger partial charge in [-0.15, -0.1) is 0 Å². The first-order chi connectivity index (χ1) is 23.5. The van der Waals surface area contributed by atoms with Crippen molar-refractivity contribution in [3.8, 4) is 16.9 Å². The first-order valence-electron chi connectivity index (χ1n) is 17.2. The smallest absolute Gasteiger partial charge is 0.490 e. The number of guanidine groups is 1. The van der Waals surface area contributed by atoms with Gasteiger partial charge in [0.05, 0.1) is 6.61 Å². The van der Waals surface area contributed by atoms with E-state index in [0.717, 1.165) is 54.3 Å². The Kier molecular flexibility index (Phi) is 16.8. The van der Waals surface area contributed by atoms with E-state index in [1.165, 1.54) is 57.4 Å². The molecule has 2 aromatic rings. The second-order valence-electron chi connectivity index (χ2n) is 12.4. The molecule has 2 aromatic carbocycles. The predicted molar refractivity (Wildman–Crippen MR) is 185 cm³/mol. The van der Waals surface area contributed by atoms with E-state index in [1.54, 1.807) is 7.11 Å². The number of likely N-dealkylation sites (tertiary alicyclic amines) is 2. The van der Waals surface area contributed by atoms with Crippen LogP contribution in [-0.4, -0.2) is 98.0 Å². The lowest BCUT2D eigenvalue weighted by atomic mass is 9.99. The van der Waals surface area contributed by atoms with E-state index in [9.17, 15) is 18.0 Å². The van der Waals surface area contributed by atoms with Gasteiger partial charge in [-0.3, -0.25) is 20.0 Å². The summed E-state index contributed by atoms with van der Waals surface area (Å²) in [6.07, 6.45) is 3.97. The molecular formula is C36H52F3N5O5. The molecule has 49 heavy (non-hydrogen) atoms. The minimum atomic E-state index is -5.08. The number of aliphatic carboxylic acids is 1. The van der Waals surface area contributed by atoms with Crippen LogP contribution in [0.25, 0.3) is 11.1 Å². The fourth-order valence-corrected chi connectivity index (χ4v) is 5.92. The maximum atomic E-state index is 12.4. The van der Waals surface area contributed by atoms with E-state index in [2.05, 4.69) is 69.5 Å². The number of ether oxygens (including phenoxy) is 2. The Morgan fingerprint density at radius 3 is 2.27 bits per heavy atom. The number of unbranched alkanes of at least 4 members (excludes halogenated alkanes) is 1. The average molecular weight is 692 g/mol. The molecule has 0 unspecified atom stereocenters. The van der Waals surface area contributed by atoms with Gasteiger partial charge in [-0.2, -0.15) is 13.2 Å². The topological polar surface area (TPSA) is 130 Å². The summed E-state index contributed by atoms with van der Waals surface area (Å²) < 4.78 is 43.2. The molecule has 1 amide bonds. The van der Waals surface area contributed by atoms with Gasteiger partial charge < -0.3 is 25.2 Å². The maximum absolute atomic E-state index is 12.4. The lowest BCUT2D eigenvalue weighted by Gasteiger charge is -2.36. The molecule has 2 aliphatic heterocycles. The van der Waals surface area contributed by atoms with Crippen LogP contribution in [-0.2, 0) is 27.3 Å². The van der Waals surface area contributed by atoms with Crippen LogP contribution in [0.3, 0.4) is 0 Å². The molecule has 2 aliphatic rings. The minimum absolute atomic E-state index is 0.129. The zero-order chi connectivity index (χ0) is 35.6. The van der Waals surface area contributed by atoms with Gasteiger partial charge in [-0.05, 0) is 87.5 Å². The number of hydrogen-bond acceptors (Lipinski definition) is 7. The molecule has 2 heterocycles. The number of amides is 1. The number of carboxylic acids is 1. The minimum Gasteiger partial charge on any atom is -0.493 e. The van der Waals surface area contributed by atoms with Gasteiger partial charge in [0.15, 0.2) is 5.96 Å². The number of carbonyl (C=O) groups is 2. The zero-order valence-corrected chi connectivity index (χ0v) is 28.8. The van der Waals surface area contributed by atoms with Crippen molar-refractivity contribution in [2.75, 3.05) is 53.0 Å². The van der Waals surface area contributed by atoms with Crippen molar-refractivity contribution in [1.29, 1.82) is 0 Å². The van der Waals surface area contributed by atoms with Crippen LogP contribution in [0.15, 0.2) is 47.5 Å². The normalized spacial score (nSPS) is 16.2. The molecule has 0 bridgehead atoms. The Hall–Kier alpha value is -3.68. The van der Waals surface area contributed by atoms with Crippen molar-refractivity contribution < 1.29 is 37.3 Å². The molecule has 2 fully saturated rings. The van der Waals surface area contributed by atoms with E-state index >= 15 is 0 Å². The Morgan fingerprint density at radius 1 is 1.00 bits per heavy atom. The summed E-state index contributed by atoms with van der Waals surface area (Å²) in [6.45, 7) is 9.91. The Labute approximate surface area is 287 Å². The number of nitrogens with two attached hydrogens (primary N) is 1. The van der Waals surface area contributed by atoms with Gasteiger partial charge >= 0.3 is 12.1 Å². The first-order valence-corrected chi connectivity index (χ1v) is 17.2. The molecule has 10 nitrogen and oxygen atoms in total. The van der Waals surface area contributed by atoms with Crippen LogP contribution in [0, 0.1) is 0 Å². The summed E-state index contributed by atoms with van der Waals surface area (Å²) in [7, 11) is 1.70. The summed E-state index contributed by atoms with van der Waals surface area (Å²) >= 11 is 0. The van der Waals surface area contributed by atoms with Gasteiger partial charge in [0.1, 0.15) is 5.75 Å². The molecule has 0 spiro atoms. The number of hydrogen-bond donors (Lipinski definition) is 3. The number of aryl methyl sites for hydroxylation is 1. The third-order valence-electron chi connectivity index (χ3n) is 8.63. The first kappa shape index (κ1) is 39.8. The molecule has 4 N–H and O–H groups in total. The second kappa shape index (κ2) is 20.7. The number of aliphatic imine (C=N–C) groups is 1. The van der Waals surface area contributed by atoms with Crippen LogP contribution in [0.4, 0.5) is 13.2 Å². The van der Waals surface area contributed by atoms with Crippen LogP contribution in [0.1, 0.15) is 69.4 Å². The second-order valence-corrected chi connectivity index (χ2v) is 12.4. The summed E-state index contributed by atoms with van der Waals surface area (Å²) in [5.74, 6) is -1.86. The van der Waals surface area contributed by atoms with E-state index in [-0.39, 0.29) is 11.9 Å². The highest BCUT2D eigenvalue weighted by Crippen LogP contribution is 2.32. The SMILES string of the molecule is CCCCN=C(N)NC(=O)CCc1ccc(-c2ccc(CN3CCC(N4CCCC4)CC3)cc2)c(OCCCOC)c1.O=C(O)C(F)(F)F. The van der Waals surface area contributed by atoms with Crippen molar-refractivity contribution in [2.24, 2.45) is 10.7 Å². The molecular weight excluding hydrogens is 639 g/mol. The van der Waals surface area contributed by atoms with Gasteiger partial charge in [-0.1, -0.05) is 49.7 Å². The molecule has 0 atom stereocenters. The molecule has 0 aromatic heterocycles. The third-order valence-corrected chi connectivity index (χ3v) is 8.63. The van der Waals surface area contributed by atoms with Crippen LogP contribution in [0.5, 0.6) is 5.75 Å². The van der Waals surface area contributed by atoms with Crippen molar-refractivity contribution in [2.45, 2.75) is 83.5 Å². The monoisotopic (exact) mass is 691 g/mol. The van der Waals surface area contributed by atoms with Crippen molar-refractivity contribution >= 4 is 17.8 Å². The highest BCUT2D eigenvalue weighted by Gasteiger charge is 2.38. The lowest BCUT2D eigenvalue weighted by molar-refractivity contribution is -0.192. The number of nitrogens with zero attached hydrogens (tertiary/aromatic N) is 3. The summed E-state index contributed by atoms with van der Waals surface area (Å²) in [5, 5.41) is 9.82. The van der Waals surface area contributed by atoms with Crippen molar-refractivity contribution in [3.63, 3.8) is 0 Å². The summed E-state index contributed by atoms with van der Waals surface area (Å²) in [6, 6.07) is 16.0. The van der Waals surface area contributed by atoms with Crippen LogP contribution in [0.2, 0.25) is 0 Å². The number of carboxylic acid groups (broad SMARTS) is 1. The number of rotatable bonds is 15. The maximum Gasteiger partial charge on any atom is 0.490 e. The standard InChI is InChI=1S/C34H51N5O3.C2HF3O2/c1-3-4-18-36-34(35)37-33(40)15-11-27-10-14-31(32(25-27)42-24-7-23-41-2)29-12-8-28(9-13-29)26-38-21-16-30(17-22-38)39-19-5-6-20-39;3-2(4,5)1(6)7/h8-10,12-14,25,30H,3-7,11,15-24,26H2,1-2H3,(H3,35,36,37,40);(H,6,7). The molecule has 2 saturated heterocycles. The fraction of sp³-hybridized carbons (Fsp3) is 0.583. The quantitative estimate of drug-likeness (QED) is 0.125. The van der Waals surface area contributed by atoms with E-state index in [1.807, 2.05) is 0 Å². The Balaban J connectivity index is 0.000000838. The fourth-order valence-electron chi connectivity index (χ4n) is 5.92. The third kappa shape index (κ3) is 14.4. The number of halogens is 3. The number of nitrogens with one attached hydrogen (secondary N) is 1. The highest BCUT2D eigenvalue weighted by atomic mass is 19.4. The van der Waals surface area contributed by atoms with E-state index in [0.29, 0.717) is 32.6 Å². The number of alkyl halides is 3. The number of piperidine rings is 1. The molecule has 0 saturated carbocycles. The van der Waals surface area contributed by atoms with Gasteiger partial charge in [-0.25, -0.2) is 4.79 Å². The number of carbonyl (C=O) groups excluding carboxylic acids is 1. The van der Waals surface area contributed by atoms with Crippen LogP contribution >= 0.6 is 0 Å². The van der Waals surface area contributed by atoms with Crippen molar-refractivity contribution in [3.05, 3.63) is 53.6 Å². The van der Waals surface area contributed by atoms with Gasteiger partial charge in [0.2, 0.25) is 5.91 Å². The predicted octanol–water partition coefficient (Wildman–Crippen LogP) is 5.63. The van der Waals surface area contributed by atoms with Gasteiger partial charge in [0.25, 0.3) is 0 Å². The van der Waals surface area contributed by atoms with Crippen LogP contribution < -0.4 is 15.8 Å². The highest BCUT2D eigenvalue weighted by molar-refractivity contribution is 5.96. The Morgan fingerprint density at radius 2 is 1.65 bits per heavy atom. The largest absolute Gasteiger partial charge is 0.493 e. The lowest BCUT2D eigenvalue weighted by Crippen LogP contribution is -2.43. The number of benzene rings is 2. The summed E-state index contributed by atoms with van der Waals surface area (Å²) in [4.78, 5) is 30.8. The zero-order valence-electron chi connectivity index (χ0n) is 28.8. The molecule has 13 heteroatoms. The molecule has 0 radical (unpaired) electrons. The average Bonchev–Trinajstić information content (AvgIpc) is 3.62. The molecule has 4 rings (SSSR count). The Bertz CT molecular complexity index is 1330. The molecule has 272 valence electrons. The van der Waals surface area contributed by atoms with Crippen molar-refractivity contribution in [1.82, 2.24) is 15.1 Å². The van der Waals surface area contributed by atoms with E-state index in [4.69, 9.17) is 25.1 Å². The van der Waals surface area contributed by atoms with E-state index < -0.39 is 12.1 Å². The van der Waals surface area contributed by atoms with Gasteiger partial charge in [0, 0.05) is 51.3 Å². The molecule has 0 aliphatic carbocycles. The summed E-state index contributed by atoms with van der Waals surface area (Å²) in [5.41, 5.74) is 10.4.